The van der Waals surface area contributed by atoms with Gasteiger partial charge in [0.05, 0.1) is 19.4 Å². The third kappa shape index (κ3) is 7.27. The van der Waals surface area contributed by atoms with E-state index >= 15 is 0 Å². The van der Waals surface area contributed by atoms with E-state index < -0.39 is 5.25 Å². The molecule has 1 fully saturated rings. The van der Waals surface area contributed by atoms with Crippen molar-refractivity contribution >= 4 is 51.7 Å². The molecule has 0 bridgehead atoms. The normalized spacial score (nSPS) is 16.5. The van der Waals surface area contributed by atoms with Crippen LogP contribution in [0.1, 0.15) is 18.9 Å². The van der Waals surface area contributed by atoms with E-state index in [9.17, 15) is 9.59 Å². The second-order valence-electron chi connectivity index (χ2n) is 8.27. The van der Waals surface area contributed by atoms with Gasteiger partial charge in [0, 0.05) is 29.7 Å². The van der Waals surface area contributed by atoms with Gasteiger partial charge in [-0.2, -0.15) is 0 Å². The summed E-state index contributed by atoms with van der Waals surface area (Å²) in [5, 5.41) is 3.44. The van der Waals surface area contributed by atoms with Crippen molar-refractivity contribution in [2.75, 3.05) is 25.6 Å². The largest absolute Gasteiger partial charge is 0.497 e. The van der Waals surface area contributed by atoms with Crippen LogP contribution in [0.3, 0.4) is 0 Å². The van der Waals surface area contributed by atoms with Crippen LogP contribution in [0.25, 0.3) is 0 Å². The number of ether oxygens (including phenoxy) is 2. The Labute approximate surface area is 225 Å². The Bertz CT molecular complexity index is 1270. The summed E-state index contributed by atoms with van der Waals surface area (Å²) in [6.07, 6.45) is 0.704. The van der Waals surface area contributed by atoms with Gasteiger partial charge in [0.15, 0.2) is 5.17 Å². The van der Waals surface area contributed by atoms with Crippen molar-refractivity contribution in [3.8, 4) is 11.5 Å². The molecule has 37 heavy (non-hydrogen) atoms. The first kappa shape index (κ1) is 26.6. The molecule has 1 atom stereocenters. The zero-order valence-electron chi connectivity index (χ0n) is 20.6. The highest BCUT2D eigenvalue weighted by molar-refractivity contribution is 8.15. The van der Waals surface area contributed by atoms with Crippen LogP contribution >= 0.6 is 23.4 Å². The maximum absolute atomic E-state index is 13.3. The summed E-state index contributed by atoms with van der Waals surface area (Å²) in [6.45, 7) is 2.87. The minimum absolute atomic E-state index is 0.0733. The monoisotopic (exact) mass is 537 g/mol. The predicted molar refractivity (Wildman–Crippen MR) is 149 cm³/mol. The van der Waals surface area contributed by atoms with Crippen LogP contribution in [0.5, 0.6) is 11.5 Å². The van der Waals surface area contributed by atoms with Crippen LogP contribution in [-0.2, 0) is 16.0 Å². The molecular formula is C28H28ClN3O4S. The van der Waals surface area contributed by atoms with Crippen molar-refractivity contribution in [2.24, 2.45) is 4.99 Å². The molecule has 3 aromatic carbocycles. The molecule has 0 radical (unpaired) electrons. The summed E-state index contributed by atoms with van der Waals surface area (Å²) in [4.78, 5) is 32.8. The lowest BCUT2D eigenvalue weighted by atomic mass is 10.1. The number of hydrogen-bond acceptors (Lipinski definition) is 6. The third-order valence-corrected chi connectivity index (χ3v) is 7.12. The number of benzene rings is 3. The van der Waals surface area contributed by atoms with Crippen molar-refractivity contribution in [1.82, 2.24) is 4.90 Å². The van der Waals surface area contributed by atoms with Gasteiger partial charge in [-0.3, -0.25) is 14.5 Å². The van der Waals surface area contributed by atoms with Crippen molar-refractivity contribution in [2.45, 2.75) is 25.0 Å². The molecule has 2 amide bonds. The first-order chi connectivity index (χ1) is 17.9. The van der Waals surface area contributed by atoms with E-state index in [1.165, 1.54) is 11.8 Å². The van der Waals surface area contributed by atoms with Gasteiger partial charge in [-0.15, -0.1) is 0 Å². The maximum atomic E-state index is 13.3. The van der Waals surface area contributed by atoms with Crippen LogP contribution < -0.4 is 14.8 Å². The average molecular weight is 538 g/mol. The Morgan fingerprint density at radius 3 is 2.57 bits per heavy atom. The second kappa shape index (κ2) is 12.7. The van der Waals surface area contributed by atoms with E-state index in [0.29, 0.717) is 52.6 Å². The van der Waals surface area contributed by atoms with E-state index in [1.807, 2.05) is 67.6 Å². The van der Waals surface area contributed by atoms with Gasteiger partial charge in [0.2, 0.25) is 11.8 Å². The van der Waals surface area contributed by atoms with Crippen LogP contribution in [0.4, 0.5) is 11.4 Å². The number of amides is 2. The molecule has 0 aromatic heterocycles. The van der Waals surface area contributed by atoms with E-state index in [4.69, 9.17) is 26.1 Å². The molecule has 1 N–H and O–H groups in total. The molecule has 4 rings (SSSR count). The van der Waals surface area contributed by atoms with E-state index in [1.54, 1.807) is 24.1 Å². The molecular weight excluding hydrogens is 510 g/mol. The van der Waals surface area contributed by atoms with Gasteiger partial charge in [-0.1, -0.05) is 41.6 Å². The number of nitrogens with zero attached hydrogens (tertiary/aromatic N) is 2. The van der Waals surface area contributed by atoms with E-state index in [0.717, 1.165) is 5.56 Å². The number of carbonyl (C=O) groups excluding carboxylic acids is 2. The van der Waals surface area contributed by atoms with Gasteiger partial charge in [-0.25, -0.2) is 4.99 Å². The highest BCUT2D eigenvalue weighted by Crippen LogP contribution is 2.31. The van der Waals surface area contributed by atoms with Gasteiger partial charge in [-0.05, 0) is 67.4 Å². The number of rotatable bonds is 9. The zero-order chi connectivity index (χ0) is 26.2. The summed E-state index contributed by atoms with van der Waals surface area (Å²) in [5.41, 5.74) is 2.33. The van der Waals surface area contributed by atoms with Crippen molar-refractivity contribution in [3.63, 3.8) is 0 Å². The molecule has 0 aliphatic carbocycles. The number of methoxy groups -OCH3 is 1. The Balaban J connectivity index is 1.54. The fourth-order valence-corrected chi connectivity index (χ4v) is 5.02. The fraction of sp³-hybridized carbons (Fsp3) is 0.250. The Kier molecular flexibility index (Phi) is 9.09. The van der Waals surface area contributed by atoms with Crippen molar-refractivity contribution < 1.29 is 19.1 Å². The third-order valence-electron chi connectivity index (χ3n) is 5.68. The molecule has 1 saturated heterocycles. The number of hydrogen-bond donors (Lipinski definition) is 1. The first-order valence-electron chi connectivity index (χ1n) is 11.9. The lowest BCUT2D eigenvalue weighted by molar-refractivity contribution is -0.129. The number of nitrogens with one attached hydrogen (secondary N) is 1. The van der Waals surface area contributed by atoms with Gasteiger partial charge >= 0.3 is 0 Å². The summed E-state index contributed by atoms with van der Waals surface area (Å²) >= 11 is 7.29. The molecule has 0 saturated carbocycles. The molecule has 9 heteroatoms. The van der Waals surface area contributed by atoms with Gasteiger partial charge in [0.25, 0.3) is 0 Å². The summed E-state index contributed by atoms with van der Waals surface area (Å²) in [6, 6.07) is 22.0. The SMILES string of the molecule is CCOc1cccc(NC(=O)C2CC(=O)N(CCc3ccc(Cl)cc3)C(=Nc3ccc(OC)cc3)S2)c1. The molecule has 3 aromatic rings. The highest BCUT2D eigenvalue weighted by Gasteiger charge is 2.35. The second-order valence-corrected chi connectivity index (χ2v) is 9.88. The Morgan fingerprint density at radius 2 is 1.86 bits per heavy atom. The van der Waals surface area contributed by atoms with Crippen LogP contribution in [-0.4, -0.2) is 47.4 Å². The lowest BCUT2D eigenvalue weighted by Gasteiger charge is -2.32. The lowest BCUT2D eigenvalue weighted by Crippen LogP contribution is -2.46. The summed E-state index contributed by atoms with van der Waals surface area (Å²) in [5.74, 6) is 0.972. The summed E-state index contributed by atoms with van der Waals surface area (Å²) < 4.78 is 10.8. The van der Waals surface area contributed by atoms with Crippen LogP contribution in [0.15, 0.2) is 77.8 Å². The zero-order valence-corrected chi connectivity index (χ0v) is 22.2. The fourth-order valence-electron chi connectivity index (χ4n) is 3.77. The Hall–Kier alpha value is -3.49. The standard InChI is InChI=1S/C28H28ClN3O4S/c1-3-36-24-6-4-5-22(17-24)30-27(34)25-18-26(33)32(16-15-19-7-9-20(29)10-8-19)28(37-25)31-21-11-13-23(35-2)14-12-21/h4-14,17,25H,3,15-16,18H2,1-2H3,(H,30,34). The van der Waals surface area contributed by atoms with Gasteiger partial charge < -0.3 is 14.8 Å². The summed E-state index contributed by atoms with van der Waals surface area (Å²) in [7, 11) is 1.60. The molecule has 0 spiro atoms. The molecule has 1 aliphatic rings. The highest BCUT2D eigenvalue weighted by atomic mass is 35.5. The van der Waals surface area contributed by atoms with Crippen molar-refractivity contribution in [3.05, 3.63) is 83.4 Å². The molecule has 1 unspecified atom stereocenters. The van der Waals surface area contributed by atoms with E-state index in [2.05, 4.69) is 5.32 Å². The molecule has 7 nitrogen and oxygen atoms in total. The molecule has 192 valence electrons. The van der Waals surface area contributed by atoms with Crippen LogP contribution in [0, 0.1) is 0 Å². The van der Waals surface area contributed by atoms with Crippen LogP contribution in [0.2, 0.25) is 5.02 Å². The molecule has 1 heterocycles. The quantitative estimate of drug-likeness (QED) is 0.365. The predicted octanol–water partition coefficient (Wildman–Crippen LogP) is 5.95. The number of carbonyl (C=O) groups is 2. The topological polar surface area (TPSA) is 80.2 Å². The number of aliphatic imine (C=N–C) groups is 1. The number of halogens is 1. The minimum atomic E-state index is -0.618. The molecule has 1 aliphatic heterocycles. The maximum Gasteiger partial charge on any atom is 0.238 e. The van der Waals surface area contributed by atoms with Crippen molar-refractivity contribution in [1.29, 1.82) is 0 Å². The van der Waals surface area contributed by atoms with Gasteiger partial charge in [0.1, 0.15) is 16.7 Å². The average Bonchev–Trinajstić information content (AvgIpc) is 2.90. The number of amidine groups is 1. The number of anilines is 1. The Morgan fingerprint density at radius 1 is 1.11 bits per heavy atom. The minimum Gasteiger partial charge on any atom is -0.497 e. The van der Waals surface area contributed by atoms with E-state index in [-0.39, 0.29) is 18.2 Å². The number of thioether (sulfide) groups is 1. The smallest absolute Gasteiger partial charge is 0.238 e. The first-order valence-corrected chi connectivity index (χ1v) is 13.2.